The predicted octanol–water partition coefficient (Wildman–Crippen LogP) is 2.55. The van der Waals surface area contributed by atoms with Crippen LogP contribution in [0.4, 0.5) is 4.79 Å². The third kappa shape index (κ3) is 7.37. The van der Waals surface area contributed by atoms with Crippen molar-refractivity contribution in [2.45, 2.75) is 32.6 Å². The average Bonchev–Trinajstić information content (AvgIpc) is 3.06. The fourth-order valence-corrected chi connectivity index (χ4v) is 2.70. The maximum atomic E-state index is 11.6. The number of benzene rings is 1. The summed E-state index contributed by atoms with van der Waals surface area (Å²) in [4.78, 5) is 14.1. The number of rotatable bonds is 9. The lowest BCUT2D eigenvalue weighted by molar-refractivity contribution is 0.236. The highest BCUT2D eigenvalue weighted by Crippen LogP contribution is 2.10. The van der Waals surface area contributed by atoms with Gasteiger partial charge < -0.3 is 20.3 Å². The first-order valence-electron chi connectivity index (χ1n) is 8.67. The van der Waals surface area contributed by atoms with E-state index in [2.05, 4.69) is 15.5 Å². The van der Waals surface area contributed by atoms with Gasteiger partial charge in [-0.25, -0.2) is 4.79 Å². The third-order valence-corrected chi connectivity index (χ3v) is 4.06. The van der Waals surface area contributed by atoms with Gasteiger partial charge in [0.15, 0.2) is 0 Å². The van der Waals surface area contributed by atoms with E-state index in [9.17, 15) is 4.79 Å². The van der Waals surface area contributed by atoms with Gasteiger partial charge in [-0.1, -0.05) is 17.7 Å². The number of likely N-dealkylation sites (tertiary alicyclic amines) is 1. The number of unbranched alkanes of at least 4 members (excludes halogenated alkanes) is 1. The Bertz CT molecular complexity index is 456. The van der Waals surface area contributed by atoms with E-state index in [0.29, 0.717) is 13.2 Å². The Morgan fingerprint density at radius 3 is 2.52 bits per heavy atom. The molecule has 2 N–H and O–H groups in total. The zero-order valence-electron chi connectivity index (χ0n) is 14.1. The first-order chi connectivity index (χ1) is 11.2. The third-order valence-electron chi connectivity index (χ3n) is 4.06. The van der Waals surface area contributed by atoms with Gasteiger partial charge in [0.05, 0.1) is 6.54 Å². The van der Waals surface area contributed by atoms with E-state index in [1.807, 2.05) is 31.2 Å². The molecule has 1 saturated heterocycles. The van der Waals surface area contributed by atoms with Crippen LogP contribution in [0, 0.1) is 6.92 Å². The Kier molecular flexibility index (Phi) is 7.73. The average molecular weight is 319 g/mol. The quantitative estimate of drug-likeness (QED) is 0.688. The lowest BCUT2D eigenvalue weighted by atomic mass is 10.2. The van der Waals surface area contributed by atoms with Gasteiger partial charge in [0.25, 0.3) is 0 Å². The van der Waals surface area contributed by atoms with Crippen LogP contribution in [0.1, 0.15) is 31.2 Å². The van der Waals surface area contributed by atoms with Crippen molar-refractivity contribution in [3.8, 4) is 5.75 Å². The fourth-order valence-electron chi connectivity index (χ4n) is 2.70. The number of nitrogens with zero attached hydrogens (tertiary/aromatic N) is 1. The number of aryl methyl sites for hydroxylation is 1. The van der Waals surface area contributed by atoms with E-state index in [0.717, 1.165) is 31.7 Å². The molecule has 1 aromatic rings. The number of urea groups is 1. The minimum Gasteiger partial charge on any atom is -0.492 e. The Balaban J connectivity index is 1.43. The Hall–Kier alpha value is -1.75. The molecule has 2 rings (SSSR count). The van der Waals surface area contributed by atoms with Crippen molar-refractivity contribution >= 4 is 6.03 Å². The molecule has 5 nitrogen and oxygen atoms in total. The summed E-state index contributed by atoms with van der Waals surface area (Å²) < 4.78 is 5.56. The molecule has 2 amide bonds. The summed E-state index contributed by atoms with van der Waals surface area (Å²) in [6.45, 7) is 7.41. The first kappa shape index (κ1) is 17.6. The van der Waals surface area contributed by atoms with Crippen LogP contribution in [-0.4, -0.2) is 50.3 Å². The Labute approximate surface area is 139 Å². The monoisotopic (exact) mass is 319 g/mol. The van der Waals surface area contributed by atoms with Crippen LogP contribution < -0.4 is 15.4 Å². The van der Waals surface area contributed by atoms with Crippen LogP contribution >= 0.6 is 0 Å². The van der Waals surface area contributed by atoms with E-state index < -0.39 is 0 Å². The summed E-state index contributed by atoms with van der Waals surface area (Å²) in [5.74, 6) is 0.833. The molecule has 0 unspecified atom stereocenters. The summed E-state index contributed by atoms with van der Waals surface area (Å²) in [6.07, 6.45) is 4.86. The molecule has 0 bridgehead atoms. The molecule has 1 aliphatic rings. The number of nitrogens with one attached hydrogen (secondary N) is 2. The molecule has 0 spiro atoms. The lowest BCUT2D eigenvalue weighted by Crippen LogP contribution is -2.38. The van der Waals surface area contributed by atoms with E-state index in [1.165, 1.54) is 31.5 Å². The second-order valence-electron chi connectivity index (χ2n) is 6.10. The van der Waals surface area contributed by atoms with Crippen LogP contribution in [0.25, 0.3) is 0 Å². The molecule has 0 atom stereocenters. The molecule has 128 valence electrons. The minimum atomic E-state index is -0.112. The van der Waals surface area contributed by atoms with Crippen LogP contribution in [0.3, 0.4) is 0 Å². The van der Waals surface area contributed by atoms with Crippen molar-refractivity contribution < 1.29 is 9.53 Å². The largest absolute Gasteiger partial charge is 0.492 e. The summed E-state index contributed by atoms with van der Waals surface area (Å²) in [7, 11) is 0. The molecular weight excluding hydrogens is 290 g/mol. The lowest BCUT2D eigenvalue weighted by Gasteiger charge is -2.14. The van der Waals surface area contributed by atoms with Gasteiger partial charge in [0.1, 0.15) is 12.4 Å². The normalized spacial score (nSPS) is 14.7. The van der Waals surface area contributed by atoms with Gasteiger partial charge in [-0.3, -0.25) is 0 Å². The molecular formula is C18H29N3O2. The van der Waals surface area contributed by atoms with Crippen molar-refractivity contribution in [3.63, 3.8) is 0 Å². The zero-order valence-corrected chi connectivity index (χ0v) is 14.1. The minimum absolute atomic E-state index is 0.112. The van der Waals surface area contributed by atoms with Gasteiger partial charge in [0.2, 0.25) is 0 Å². The summed E-state index contributed by atoms with van der Waals surface area (Å²) in [5.41, 5.74) is 1.21. The molecule has 1 aromatic carbocycles. The summed E-state index contributed by atoms with van der Waals surface area (Å²) >= 11 is 0. The predicted molar refractivity (Wildman–Crippen MR) is 93.0 cm³/mol. The van der Waals surface area contributed by atoms with Gasteiger partial charge in [-0.15, -0.1) is 0 Å². The zero-order chi connectivity index (χ0) is 16.3. The Morgan fingerprint density at radius 2 is 1.78 bits per heavy atom. The topological polar surface area (TPSA) is 53.6 Å². The summed E-state index contributed by atoms with van der Waals surface area (Å²) in [6, 6.07) is 7.79. The van der Waals surface area contributed by atoms with Gasteiger partial charge >= 0.3 is 6.03 Å². The van der Waals surface area contributed by atoms with E-state index in [1.54, 1.807) is 0 Å². The molecule has 0 aromatic heterocycles. The molecule has 0 aliphatic carbocycles. The first-order valence-corrected chi connectivity index (χ1v) is 8.67. The van der Waals surface area contributed by atoms with Crippen LogP contribution in [0.15, 0.2) is 24.3 Å². The van der Waals surface area contributed by atoms with Crippen molar-refractivity contribution in [1.82, 2.24) is 15.5 Å². The van der Waals surface area contributed by atoms with Crippen LogP contribution in [0.2, 0.25) is 0 Å². The van der Waals surface area contributed by atoms with E-state index >= 15 is 0 Å². The summed E-state index contributed by atoms with van der Waals surface area (Å²) in [5, 5.41) is 5.70. The number of hydrogen-bond donors (Lipinski definition) is 2. The van der Waals surface area contributed by atoms with Crippen LogP contribution in [-0.2, 0) is 0 Å². The van der Waals surface area contributed by atoms with Gasteiger partial charge in [-0.2, -0.15) is 0 Å². The second kappa shape index (κ2) is 10.1. The van der Waals surface area contributed by atoms with Crippen molar-refractivity contribution in [1.29, 1.82) is 0 Å². The van der Waals surface area contributed by atoms with Gasteiger partial charge in [-0.05, 0) is 64.4 Å². The molecule has 1 heterocycles. The molecule has 1 fully saturated rings. The Morgan fingerprint density at radius 1 is 1.09 bits per heavy atom. The number of hydrogen-bond acceptors (Lipinski definition) is 3. The molecule has 0 radical (unpaired) electrons. The number of carbonyl (C=O) groups excluding carboxylic acids is 1. The molecule has 23 heavy (non-hydrogen) atoms. The smallest absolute Gasteiger partial charge is 0.314 e. The van der Waals surface area contributed by atoms with E-state index in [-0.39, 0.29) is 6.03 Å². The number of carbonyl (C=O) groups is 1. The highest BCUT2D eigenvalue weighted by Gasteiger charge is 2.10. The highest BCUT2D eigenvalue weighted by molar-refractivity contribution is 5.73. The van der Waals surface area contributed by atoms with Crippen molar-refractivity contribution in [3.05, 3.63) is 29.8 Å². The standard InChI is InChI=1S/C18H29N3O2/c1-16-6-8-17(9-7-16)23-15-11-20-18(22)19-10-2-3-12-21-13-4-5-14-21/h6-9H,2-5,10-15H2,1H3,(H2,19,20,22). The number of ether oxygens (including phenoxy) is 1. The number of amides is 2. The maximum absolute atomic E-state index is 11.6. The van der Waals surface area contributed by atoms with E-state index in [4.69, 9.17) is 4.74 Å². The molecule has 0 saturated carbocycles. The molecule has 1 aliphatic heterocycles. The van der Waals surface area contributed by atoms with Crippen molar-refractivity contribution in [2.24, 2.45) is 0 Å². The highest BCUT2D eigenvalue weighted by atomic mass is 16.5. The fraction of sp³-hybridized carbons (Fsp3) is 0.611. The maximum Gasteiger partial charge on any atom is 0.314 e. The molecule has 5 heteroatoms. The van der Waals surface area contributed by atoms with Crippen LogP contribution in [0.5, 0.6) is 5.75 Å². The van der Waals surface area contributed by atoms with Gasteiger partial charge in [0, 0.05) is 6.54 Å². The SMILES string of the molecule is Cc1ccc(OCCNC(=O)NCCCCN2CCCC2)cc1. The second-order valence-corrected chi connectivity index (χ2v) is 6.10. The van der Waals surface area contributed by atoms with Crippen molar-refractivity contribution in [2.75, 3.05) is 39.3 Å².